The highest BCUT2D eigenvalue weighted by molar-refractivity contribution is 6.00. The first-order valence-electron chi connectivity index (χ1n) is 6.50. The van der Waals surface area contributed by atoms with E-state index in [1.807, 2.05) is 0 Å². The van der Waals surface area contributed by atoms with Gasteiger partial charge in [0.2, 0.25) is 5.91 Å². The van der Waals surface area contributed by atoms with Gasteiger partial charge >= 0.3 is 0 Å². The van der Waals surface area contributed by atoms with Crippen LogP contribution in [0.25, 0.3) is 0 Å². The minimum absolute atomic E-state index is 0.00836. The van der Waals surface area contributed by atoms with Gasteiger partial charge in [-0.2, -0.15) is 0 Å². The van der Waals surface area contributed by atoms with Gasteiger partial charge in [-0.15, -0.1) is 0 Å². The summed E-state index contributed by atoms with van der Waals surface area (Å²) in [4.78, 5) is 13.2. The lowest BCUT2D eigenvalue weighted by Gasteiger charge is -2.15. The summed E-state index contributed by atoms with van der Waals surface area (Å²) in [6.45, 7) is 0. The van der Waals surface area contributed by atoms with Crippen LogP contribution in [0.4, 0.5) is 14.5 Å². The molecular weight excluding hydrogens is 276 g/mol. The second-order valence-electron chi connectivity index (χ2n) is 5.09. The zero-order chi connectivity index (χ0) is 15.1. The molecule has 3 rings (SSSR count). The molecule has 0 spiro atoms. The molecule has 2 aromatic rings. The lowest BCUT2D eigenvalue weighted by Crippen LogP contribution is -2.20. The Morgan fingerprint density at radius 3 is 2.67 bits per heavy atom. The first-order chi connectivity index (χ1) is 9.97. The van der Waals surface area contributed by atoms with Gasteiger partial charge < -0.3 is 10.0 Å². The number of hydrogen-bond donors (Lipinski definition) is 1. The SMILES string of the molecule is CN1C(=O)Cc2cc(C(O)c3ccc(F)cc3F)ccc21. The first kappa shape index (κ1) is 13.7. The van der Waals surface area contributed by atoms with Crippen LogP contribution in [0, 0.1) is 11.6 Å². The van der Waals surface area contributed by atoms with Crippen LogP contribution in [0.2, 0.25) is 0 Å². The fraction of sp³-hybridized carbons (Fsp3) is 0.188. The van der Waals surface area contributed by atoms with Gasteiger partial charge in [0.1, 0.15) is 17.7 Å². The Morgan fingerprint density at radius 2 is 1.95 bits per heavy atom. The zero-order valence-electron chi connectivity index (χ0n) is 11.3. The Balaban J connectivity index is 1.98. The number of anilines is 1. The van der Waals surface area contributed by atoms with E-state index in [0.29, 0.717) is 5.56 Å². The van der Waals surface area contributed by atoms with Crippen molar-refractivity contribution in [2.75, 3.05) is 11.9 Å². The number of carbonyl (C=O) groups excluding carboxylic acids is 1. The third kappa shape index (κ3) is 2.29. The standard InChI is InChI=1S/C16H13F2NO2/c1-19-14-5-2-9(6-10(14)7-15(19)20)16(21)12-4-3-11(17)8-13(12)18/h2-6,8,16,21H,7H2,1H3. The molecular formula is C16H13F2NO2. The molecule has 1 aliphatic rings. The average Bonchev–Trinajstić information content (AvgIpc) is 2.73. The second kappa shape index (κ2) is 4.93. The van der Waals surface area contributed by atoms with Gasteiger partial charge in [-0.25, -0.2) is 8.78 Å². The van der Waals surface area contributed by atoms with E-state index in [-0.39, 0.29) is 17.9 Å². The Morgan fingerprint density at radius 1 is 1.19 bits per heavy atom. The summed E-state index contributed by atoms with van der Waals surface area (Å²) in [5, 5.41) is 10.3. The predicted octanol–water partition coefficient (Wildman–Crippen LogP) is 2.57. The number of nitrogens with zero attached hydrogens (tertiary/aromatic N) is 1. The van der Waals surface area contributed by atoms with Crippen molar-refractivity contribution in [3.8, 4) is 0 Å². The minimum Gasteiger partial charge on any atom is -0.384 e. The van der Waals surface area contributed by atoms with E-state index in [4.69, 9.17) is 0 Å². The third-order valence-corrected chi connectivity index (χ3v) is 3.75. The quantitative estimate of drug-likeness (QED) is 0.923. The van der Waals surface area contributed by atoms with Crippen molar-refractivity contribution in [1.82, 2.24) is 0 Å². The fourth-order valence-electron chi connectivity index (χ4n) is 2.56. The molecule has 1 heterocycles. The summed E-state index contributed by atoms with van der Waals surface area (Å²) in [5.74, 6) is -1.51. The van der Waals surface area contributed by atoms with Crippen molar-refractivity contribution < 1.29 is 18.7 Å². The fourth-order valence-corrected chi connectivity index (χ4v) is 2.56. The molecule has 1 aliphatic heterocycles. The van der Waals surface area contributed by atoms with Crippen molar-refractivity contribution in [2.24, 2.45) is 0 Å². The Kier molecular flexibility index (Phi) is 3.22. The molecule has 0 aromatic heterocycles. The molecule has 3 nitrogen and oxygen atoms in total. The molecule has 0 saturated carbocycles. The van der Waals surface area contributed by atoms with Crippen LogP contribution in [-0.2, 0) is 11.2 Å². The van der Waals surface area contributed by atoms with Crippen molar-refractivity contribution >= 4 is 11.6 Å². The molecule has 21 heavy (non-hydrogen) atoms. The van der Waals surface area contributed by atoms with Gasteiger partial charge in [0.15, 0.2) is 0 Å². The van der Waals surface area contributed by atoms with Crippen LogP contribution in [0.3, 0.4) is 0 Å². The van der Waals surface area contributed by atoms with Gasteiger partial charge in [0.25, 0.3) is 0 Å². The minimum atomic E-state index is -1.20. The maximum Gasteiger partial charge on any atom is 0.231 e. The maximum absolute atomic E-state index is 13.7. The monoisotopic (exact) mass is 289 g/mol. The van der Waals surface area contributed by atoms with Crippen molar-refractivity contribution in [3.05, 3.63) is 64.7 Å². The summed E-state index contributed by atoms with van der Waals surface area (Å²) in [5.41, 5.74) is 2.06. The summed E-state index contributed by atoms with van der Waals surface area (Å²) in [6.07, 6.45) is -0.935. The van der Waals surface area contributed by atoms with Crippen LogP contribution in [-0.4, -0.2) is 18.1 Å². The molecule has 2 aromatic carbocycles. The van der Waals surface area contributed by atoms with Gasteiger partial charge in [-0.3, -0.25) is 4.79 Å². The van der Waals surface area contributed by atoms with Crippen molar-refractivity contribution in [1.29, 1.82) is 0 Å². The number of benzene rings is 2. The van der Waals surface area contributed by atoms with Gasteiger partial charge in [0, 0.05) is 24.4 Å². The Hall–Kier alpha value is -2.27. The van der Waals surface area contributed by atoms with E-state index in [1.54, 1.807) is 30.1 Å². The molecule has 0 aliphatic carbocycles. The summed E-state index contributed by atoms with van der Waals surface area (Å²) >= 11 is 0. The van der Waals surface area contributed by atoms with Gasteiger partial charge in [-0.1, -0.05) is 18.2 Å². The van der Waals surface area contributed by atoms with Crippen LogP contribution >= 0.6 is 0 Å². The lowest BCUT2D eigenvalue weighted by atomic mass is 9.98. The van der Waals surface area contributed by atoms with E-state index in [0.717, 1.165) is 23.4 Å². The third-order valence-electron chi connectivity index (χ3n) is 3.75. The zero-order valence-corrected chi connectivity index (χ0v) is 11.3. The number of amides is 1. The summed E-state index contributed by atoms with van der Waals surface area (Å²) in [6, 6.07) is 8.11. The highest BCUT2D eigenvalue weighted by Gasteiger charge is 2.25. The van der Waals surface area contributed by atoms with Crippen LogP contribution in [0.5, 0.6) is 0 Å². The number of likely N-dealkylation sites (N-methyl/N-ethyl adjacent to an activating group) is 1. The lowest BCUT2D eigenvalue weighted by molar-refractivity contribution is -0.117. The van der Waals surface area contributed by atoms with Crippen LogP contribution in [0.15, 0.2) is 36.4 Å². The van der Waals surface area contributed by atoms with E-state index in [9.17, 15) is 18.7 Å². The molecule has 1 unspecified atom stereocenters. The molecule has 108 valence electrons. The largest absolute Gasteiger partial charge is 0.384 e. The molecule has 0 bridgehead atoms. The van der Waals surface area contributed by atoms with E-state index in [1.165, 1.54) is 6.07 Å². The smallest absolute Gasteiger partial charge is 0.231 e. The first-order valence-corrected chi connectivity index (χ1v) is 6.50. The molecule has 0 radical (unpaired) electrons. The topological polar surface area (TPSA) is 40.5 Å². The number of hydrogen-bond acceptors (Lipinski definition) is 2. The highest BCUT2D eigenvalue weighted by Crippen LogP contribution is 2.32. The molecule has 1 atom stereocenters. The Labute approximate surface area is 120 Å². The molecule has 1 amide bonds. The molecule has 0 fully saturated rings. The van der Waals surface area contributed by atoms with Crippen LogP contribution in [0.1, 0.15) is 22.8 Å². The Bertz CT molecular complexity index is 730. The average molecular weight is 289 g/mol. The number of fused-ring (bicyclic) bond motifs is 1. The van der Waals surface area contributed by atoms with E-state index >= 15 is 0 Å². The summed E-state index contributed by atoms with van der Waals surface area (Å²) in [7, 11) is 1.68. The van der Waals surface area contributed by atoms with Crippen molar-refractivity contribution in [3.63, 3.8) is 0 Å². The number of aliphatic hydroxyl groups excluding tert-OH is 1. The predicted molar refractivity (Wildman–Crippen MR) is 74.0 cm³/mol. The van der Waals surface area contributed by atoms with E-state index in [2.05, 4.69) is 0 Å². The number of carbonyl (C=O) groups is 1. The van der Waals surface area contributed by atoms with Crippen LogP contribution < -0.4 is 4.90 Å². The number of rotatable bonds is 2. The summed E-state index contributed by atoms with van der Waals surface area (Å²) < 4.78 is 26.6. The normalized spacial score (nSPS) is 15.2. The van der Waals surface area contributed by atoms with Gasteiger partial charge in [0.05, 0.1) is 6.42 Å². The highest BCUT2D eigenvalue weighted by atomic mass is 19.1. The molecule has 5 heteroatoms. The molecule has 1 N–H and O–H groups in total. The molecule has 0 saturated heterocycles. The number of halogens is 2. The van der Waals surface area contributed by atoms with Crippen molar-refractivity contribution in [2.45, 2.75) is 12.5 Å². The van der Waals surface area contributed by atoms with Gasteiger partial charge in [-0.05, 0) is 23.3 Å². The second-order valence-corrected chi connectivity index (χ2v) is 5.09. The maximum atomic E-state index is 13.7. The van der Waals surface area contributed by atoms with E-state index < -0.39 is 17.7 Å². The number of aliphatic hydroxyl groups is 1.